The van der Waals surface area contributed by atoms with Gasteiger partial charge in [-0.1, -0.05) is 24.4 Å². The number of hydrogen-bond acceptors (Lipinski definition) is 5. The molecule has 0 radical (unpaired) electrons. The Morgan fingerprint density at radius 1 is 1.44 bits per heavy atom. The van der Waals surface area contributed by atoms with Crippen LogP contribution in [0.5, 0.6) is 0 Å². The fraction of sp³-hybridized carbons (Fsp3) is 0.727. The van der Waals surface area contributed by atoms with Crippen LogP contribution < -0.4 is 16.6 Å². The van der Waals surface area contributed by atoms with Gasteiger partial charge < -0.3 is 9.84 Å². The van der Waals surface area contributed by atoms with Gasteiger partial charge >= 0.3 is 0 Å². The molecule has 1 heterocycles. The van der Waals surface area contributed by atoms with Crippen molar-refractivity contribution in [1.82, 2.24) is 20.9 Å². The van der Waals surface area contributed by atoms with Gasteiger partial charge in [-0.05, 0) is 12.8 Å². The van der Waals surface area contributed by atoms with Gasteiger partial charge in [0.1, 0.15) is 0 Å². The predicted molar refractivity (Wildman–Crippen MR) is 67.6 cm³/mol. The molecule has 7 nitrogen and oxygen atoms in total. The monoisotopic (exact) mass is 252 g/mol. The van der Waals surface area contributed by atoms with E-state index in [0.717, 1.165) is 0 Å². The number of nitrogens with one attached hydrogen (secondary N) is 2. The number of hydrazine groups is 1. The molecule has 1 fully saturated rings. The number of aliphatic imine (C=N–C) groups is 1. The highest BCUT2D eigenvalue weighted by Crippen LogP contribution is 2.17. The normalized spacial score (nSPS) is 17.7. The lowest BCUT2D eigenvalue weighted by atomic mass is 9.96. The van der Waals surface area contributed by atoms with Crippen LogP contribution in [0.4, 0.5) is 0 Å². The van der Waals surface area contributed by atoms with Gasteiger partial charge in [0.15, 0.2) is 5.82 Å². The summed E-state index contributed by atoms with van der Waals surface area (Å²) >= 11 is 0. The molecule has 0 aromatic carbocycles. The summed E-state index contributed by atoms with van der Waals surface area (Å²) in [4.78, 5) is 8.29. The Morgan fingerprint density at radius 3 is 2.94 bits per heavy atom. The summed E-state index contributed by atoms with van der Waals surface area (Å²) in [6.07, 6.45) is 8.22. The highest BCUT2D eigenvalue weighted by Gasteiger charge is 2.14. The zero-order valence-electron chi connectivity index (χ0n) is 10.4. The lowest BCUT2D eigenvalue weighted by Crippen LogP contribution is -2.47. The molecule has 0 amide bonds. The minimum Gasteiger partial charge on any atom is -0.353 e. The molecule has 4 N–H and O–H groups in total. The van der Waals surface area contributed by atoms with E-state index in [1.54, 1.807) is 0 Å². The first-order valence-electron chi connectivity index (χ1n) is 6.41. The van der Waals surface area contributed by atoms with E-state index in [2.05, 4.69) is 30.4 Å². The lowest BCUT2D eigenvalue weighted by Gasteiger charge is -2.24. The standard InChI is InChI=1S/C11H20N6O/c12-16-11(15-9-4-2-1-3-5-9)13-7-6-10-14-8-18-17-10/h8-9H,1-7,12H2,(H2,13,15,16). The second-order valence-electron chi connectivity index (χ2n) is 4.45. The van der Waals surface area contributed by atoms with Gasteiger partial charge in [-0.3, -0.25) is 10.4 Å². The van der Waals surface area contributed by atoms with E-state index in [0.29, 0.717) is 30.8 Å². The molecule has 1 aromatic heterocycles. The van der Waals surface area contributed by atoms with Crippen molar-refractivity contribution in [3.63, 3.8) is 0 Å². The van der Waals surface area contributed by atoms with E-state index in [1.807, 2.05) is 0 Å². The summed E-state index contributed by atoms with van der Waals surface area (Å²) in [5.74, 6) is 6.76. The van der Waals surface area contributed by atoms with E-state index < -0.39 is 0 Å². The smallest absolute Gasteiger partial charge is 0.213 e. The molecule has 1 aliphatic rings. The van der Waals surface area contributed by atoms with E-state index in [9.17, 15) is 0 Å². The van der Waals surface area contributed by atoms with Crippen molar-refractivity contribution >= 4 is 5.96 Å². The number of nitrogens with two attached hydrogens (primary N) is 1. The van der Waals surface area contributed by atoms with Crippen molar-refractivity contribution in [2.75, 3.05) is 6.54 Å². The predicted octanol–water partition coefficient (Wildman–Crippen LogP) is 0.354. The molecule has 1 aromatic rings. The first kappa shape index (κ1) is 12.8. The van der Waals surface area contributed by atoms with Crippen LogP contribution in [0.1, 0.15) is 37.9 Å². The molecule has 18 heavy (non-hydrogen) atoms. The summed E-state index contributed by atoms with van der Waals surface area (Å²) in [5, 5.41) is 7.06. The van der Waals surface area contributed by atoms with Crippen LogP contribution in [-0.2, 0) is 6.42 Å². The van der Waals surface area contributed by atoms with E-state index in [4.69, 9.17) is 5.84 Å². The Labute approximate surface area is 106 Å². The summed E-state index contributed by atoms with van der Waals surface area (Å²) in [7, 11) is 0. The van der Waals surface area contributed by atoms with Crippen molar-refractivity contribution in [3.8, 4) is 0 Å². The Kier molecular flexibility index (Phi) is 4.95. The maximum Gasteiger partial charge on any atom is 0.213 e. The molecule has 0 aliphatic heterocycles. The molecule has 7 heteroatoms. The SMILES string of the molecule is NNC(=NCCc1ncon1)NC1CCCCC1. The minimum absolute atomic E-state index is 0.485. The van der Waals surface area contributed by atoms with Crippen molar-refractivity contribution in [3.05, 3.63) is 12.2 Å². The molecule has 100 valence electrons. The third-order valence-corrected chi connectivity index (χ3v) is 3.10. The van der Waals surface area contributed by atoms with E-state index >= 15 is 0 Å². The molecule has 1 saturated carbocycles. The van der Waals surface area contributed by atoms with E-state index in [-0.39, 0.29) is 0 Å². The fourth-order valence-electron chi connectivity index (χ4n) is 2.14. The Hall–Kier alpha value is -1.63. The van der Waals surface area contributed by atoms with Gasteiger partial charge in [-0.15, -0.1) is 0 Å². The van der Waals surface area contributed by atoms with Crippen molar-refractivity contribution < 1.29 is 4.52 Å². The van der Waals surface area contributed by atoms with Crippen LogP contribution in [0.2, 0.25) is 0 Å². The molecule has 2 rings (SSSR count). The lowest BCUT2D eigenvalue weighted by molar-refractivity contribution is 0.408. The third-order valence-electron chi connectivity index (χ3n) is 3.10. The molecular formula is C11H20N6O. The van der Waals surface area contributed by atoms with Crippen LogP contribution in [0.25, 0.3) is 0 Å². The highest BCUT2D eigenvalue weighted by atomic mass is 16.5. The quantitative estimate of drug-likeness (QED) is 0.309. The molecule has 0 atom stereocenters. The molecule has 0 bridgehead atoms. The average molecular weight is 252 g/mol. The summed E-state index contributed by atoms with van der Waals surface area (Å²) < 4.78 is 4.65. The fourth-order valence-corrected chi connectivity index (χ4v) is 2.14. The second kappa shape index (κ2) is 6.95. The number of rotatable bonds is 4. The zero-order chi connectivity index (χ0) is 12.6. The van der Waals surface area contributed by atoms with Crippen LogP contribution in [0, 0.1) is 0 Å². The van der Waals surface area contributed by atoms with Crippen LogP contribution >= 0.6 is 0 Å². The van der Waals surface area contributed by atoms with Gasteiger partial charge in [-0.2, -0.15) is 4.98 Å². The molecule has 1 aliphatic carbocycles. The molecule has 0 unspecified atom stereocenters. The summed E-state index contributed by atoms with van der Waals surface area (Å²) in [5.41, 5.74) is 2.60. The van der Waals surface area contributed by atoms with Crippen LogP contribution in [-0.4, -0.2) is 28.7 Å². The first-order chi connectivity index (χ1) is 8.88. The first-order valence-corrected chi connectivity index (χ1v) is 6.41. The zero-order valence-corrected chi connectivity index (χ0v) is 10.4. The van der Waals surface area contributed by atoms with Crippen molar-refractivity contribution in [2.24, 2.45) is 10.8 Å². The van der Waals surface area contributed by atoms with E-state index in [1.165, 1.54) is 38.5 Å². The Morgan fingerprint density at radius 2 is 2.28 bits per heavy atom. The van der Waals surface area contributed by atoms with Gasteiger partial charge in [0.2, 0.25) is 12.4 Å². The summed E-state index contributed by atoms with van der Waals surface area (Å²) in [6, 6.07) is 0.485. The molecular weight excluding hydrogens is 232 g/mol. The number of aromatic nitrogens is 2. The highest BCUT2D eigenvalue weighted by molar-refractivity contribution is 5.79. The number of guanidine groups is 1. The third kappa shape index (κ3) is 3.99. The molecule has 0 spiro atoms. The molecule has 0 saturated heterocycles. The van der Waals surface area contributed by atoms with Gasteiger partial charge in [0, 0.05) is 12.5 Å². The van der Waals surface area contributed by atoms with Gasteiger partial charge in [-0.25, -0.2) is 5.84 Å². The largest absolute Gasteiger partial charge is 0.353 e. The maximum atomic E-state index is 5.46. The van der Waals surface area contributed by atoms with Crippen LogP contribution in [0.15, 0.2) is 15.9 Å². The topological polar surface area (TPSA) is 101 Å². The van der Waals surface area contributed by atoms with Crippen molar-refractivity contribution in [2.45, 2.75) is 44.6 Å². The van der Waals surface area contributed by atoms with Crippen LogP contribution in [0.3, 0.4) is 0 Å². The maximum absolute atomic E-state index is 5.46. The summed E-state index contributed by atoms with van der Waals surface area (Å²) in [6.45, 7) is 0.582. The van der Waals surface area contributed by atoms with Crippen molar-refractivity contribution in [1.29, 1.82) is 0 Å². The van der Waals surface area contributed by atoms with Gasteiger partial charge in [0.25, 0.3) is 0 Å². The van der Waals surface area contributed by atoms with Gasteiger partial charge in [0.05, 0.1) is 6.54 Å². The second-order valence-corrected chi connectivity index (χ2v) is 4.45. The average Bonchev–Trinajstić information content (AvgIpc) is 2.92. The minimum atomic E-state index is 0.485. The Bertz CT molecular complexity index is 358. The Balaban J connectivity index is 1.76. The number of hydrogen-bond donors (Lipinski definition) is 3. The number of nitrogens with zero attached hydrogens (tertiary/aromatic N) is 3.